The van der Waals surface area contributed by atoms with Crippen LogP contribution in [0.3, 0.4) is 0 Å². The summed E-state index contributed by atoms with van der Waals surface area (Å²) in [4.78, 5) is 0. The molecule has 0 aromatic heterocycles. The Morgan fingerprint density at radius 2 is 1.82 bits per heavy atom. The Morgan fingerprint density at radius 1 is 1.24 bits per heavy atom. The van der Waals surface area contributed by atoms with E-state index < -0.39 is 6.10 Å². The third kappa shape index (κ3) is 2.37. The van der Waals surface area contributed by atoms with E-state index in [4.69, 9.17) is 0 Å². The van der Waals surface area contributed by atoms with Crippen molar-refractivity contribution in [1.82, 2.24) is 0 Å². The molecule has 0 amide bonds. The third-order valence-electron chi connectivity index (χ3n) is 4.13. The van der Waals surface area contributed by atoms with Crippen LogP contribution in [0.5, 0.6) is 0 Å². The standard InChI is InChI=1S/C15H21FO/c1-9-5-4-6-13(9)15(17)12-7-10(2)14(16)11(3)8-12/h7-9,13,15,17H,4-6H2,1-3H3. The highest BCUT2D eigenvalue weighted by Crippen LogP contribution is 2.40. The lowest BCUT2D eigenvalue weighted by Gasteiger charge is -2.23. The maximum absolute atomic E-state index is 13.5. The summed E-state index contributed by atoms with van der Waals surface area (Å²) < 4.78 is 13.5. The zero-order valence-electron chi connectivity index (χ0n) is 10.8. The fraction of sp³-hybridized carbons (Fsp3) is 0.600. The van der Waals surface area contributed by atoms with Gasteiger partial charge in [-0.25, -0.2) is 4.39 Å². The number of aliphatic hydroxyl groups excluding tert-OH is 1. The number of benzene rings is 1. The monoisotopic (exact) mass is 236 g/mol. The lowest BCUT2D eigenvalue weighted by Crippen LogP contribution is -2.15. The van der Waals surface area contributed by atoms with Crippen LogP contribution in [0.4, 0.5) is 4.39 Å². The number of hydrogen-bond acceptors (Lipinski definition) is 1. The second-order valence-corrected chi connectivity index (χ2v) is 5.49. The van der Waals surface area contributed by atoms with Crippen molar-refractivity contribution >= 4 is 0 Å². The molecule has 1 fully saturated rings. The van der Waals surface area contributed by atoms with E-state index in [9.17, 15) is 9.50 Å². The zero-order chi connectivity index (χ0) is 12.6. The van der Waals surface area contributed by atoms with Crippen LogP contribution in [-0.4, -0.2) is 5.11 Å². The van der Waals surface area contributed by atoms with Crippen molar-refractivity contribution in [2.24, 2.45) is 11.8 Å². The number of halogens is 1. The molecule has 1 aromatic rings. The fourth-order valence-electron chi connectivity index (χ4n) is 3.04. The van der Waals surface area contributed by atoms with Crippen LogP contribution in [-0.2, 0) is 0 Å². The van der Waals surface area contributed by atoms with Crippen LogP contribution in [0.1, 0.15) is 49.0 Å². The van der Waals surface area contributed by atoms with Crippen molar-refractivity contribution in [3.8, 4) is 0 Å². The van der Waals surface area contributed by atoms with Crippen LogP contribution in [0, 0.1) is 31.5 Å². The Hall–Kier alpha value is -0.890. The molecule has 1 nitrogen and oxygen atoms in total. The molecule has 3 unspecified atom stereocenters. The van der Waals surface area contributed by atoms with Crippen LogP contribution in [0.2, 0.25) is 0 Å². The quantitative estimate of drug-likeness (QED) is 0.825. The summed E-state index contributed by atoms with van der Waals surface area (Å²) in [6.07, 6.45) is 3.03. The predicted octanol–water partition coefficient (Wildman–Crippen LogP) is 3.91. The van der Waals surface area contributed by atoms with Gasteiger partial charge in [-0.15, -0.1) is 0 Å². The van der Waals surface area contributed by atoms with Crippen LogP contribution < -0.4 is 0 Å². The van der Waals surface area contributed by atoms with Gasteiger partial charge in [0.25, 0.3) is 0 Å². The maximum atomic E-state index is 13.5. The van der Waals surface area contributed by atoms with Gasteiger partial charge in [0.1, 0.15) is 5.82 Å². The molecule has 0 spiro atoms. The van der Waals surface area contributed by atoms with E-state index in [1.807, 2.05) is 0 Å². The van der Waals surface area contributed by atoms with Gasteiger partial charge in [0.2, 0.25) is 0 Å². The van der Waals surface area contributed by atoms with E-state index in [-0.39, 0.29) is 5.82 Å². The molecule has 17 heavy (non-hydrogen) atoms. The molecule has 1 aliphatic rings. The second kappa shape index (κ2) is 4.77. The Labute approximate surface area is 103 Å². The molecule has 0 saturated heterocycles. The van der Waals surface area contributed by atoms with Gasteiger partial charge in [-0.3, -0.25) is 0 Å². The van der Waals surface area contributed by atoms with Gasteiger partial charge >= 0.3 is 0 Å². The first-order valence-electron chi connectivity index (χ1n) is 6.45. The number of hydrogen-bond donors (Lipinski definition) is 1. The summed E-state index contributed by atoms with van der Waals surface area (Å²) >= 11 is 0. The average molecular weight is 236 g/mol. The third-order valence-corrected chi connectivity index (χ3v) is 4.13. The van der Waals surface area contributed by atoms with E-state index >= 15 is 0 Å². The molecule has 1 saturated carbocycles. The highest BCUT2D eigenvalue weighted by molar-refractivity contribution is 5.32. The van der Waals surface area contributed by atoms with Crippen molar-refractivity contribution in [2.75, 3.05) is 0 Å². The Balaban J connectivity index is 2.27. The van der Waals surface area contributed by atoms with E-state index in [0.29, 0.717) is 23.0 Å². The number of rotatable bonds is 2. The largest absolute Gasteiger partial charge is 0.388 e. The minimum Gasteiger partial charge on any atom is -0.388 e. The summed E-state index contributed by atoms with van der Waals surface area (Å²) in [5.41, 5.74) is 2.13. The van der Waals surface area contributed by atoms with Gasteiger partial charge in [0, 0.05) is 0 Å². The summed E-state index contributed by atoms with van der Waals surface area (Å²) in [5.74, 6) is 0.746. The molecule has 94 valence electrons. The molecule has 0 radical (unpaired) electrons. The first-order chi connectivity index (χ1) is 8.00. The predicted molar refractivity (Wildman–Crippen MR) is 67.3 cm³/mol. The molecule has 2 rings (SSSR count). The molecule has 0 bridgehead atoms. The minimum absolute atomic E-state index is 0.152. The summed E-state index contributed by atoms with van der Waals surface area (Å²) in [6.45, 7) is 5.72. The lowest BCUT2D eigenvalue weighted by atomic mass is 9.87. The van der Waals surface area contributed by atoms with Gasteiger partial charge in [-0.1, -0.05) is 31.9 Å². The summed E-state index contributed by atoms with van der Waals surface area (Å²) in [7, 11) is 0. The molecule has 3 atom stereocenters. The molecular formula is C15H21FO. The Bertz CT molecular complexity index is 390. The van der Waals surface area contributed by atoms with Gasteiger partial charge in [0.05, 0.1) is 6.10 Å². The van der Waals surface area contributed by atoms with E-state index in [2.05, 4.69) is 6.92 Å². The molecule has 1 aromatic carbocycles. The van der Waals surface area contributed by atoms with E-state index in [0.717, 1.165) is 12.0 Å². The highest BCUT2D eigenvalue weighted by atomic mass is 19.1. The van der Waals surface area contributed by atoms with Crippen LogP contribution in [0.15, 0.2) is 12.1 Å². The fourth-order valence-corrected chi connectivity index (χ4v) is 3.04. The summed E-state index contributed by atoms with van der Waals surface area (Å²) in [5, 5.41) is 10.4. The Morgan fingerprint density at radius 3 is 2.29 bits per heavy atom. The first kappa shape index (κ1) is 12.6. The van der Waals surface area contributed by atoms with Crippen LogP contribution >= 0.6 is 0 Å². The minimum atomic E-state index is -0.439. The Kier molecular flexibility index (Phi) is 3.53. The SMILES string of the molecule is Cc1cc(C(O)C2CCCC2C)cc(C)c1F. The van der Waals surface area contributed by atoms with Crippen molar-refractivity contribution in [2.45, 2.75) is 46.1 Å². The topological polar surface area (TPSA) is 20.2 Å². The van der Waals surface area contributed by atoms with E-state index in [1.165, 1.54) is 12.8 Å². The van der Waals surface area contributed by atoms with E-state index in [1.54, 1.807) is 26.0 Å². The highest BCUT2D eigenvalue weighted by Gasteiger charge is 2.30. The number of aliphatic hydroxyl groups is 1. The number of aryl methyl sites for hydroxylation is 2. The van der Waals surface area contributed by atoms with Crippen molar-refractivity contribution in [1.29, 1.82) is 0 Å². The molecule has 0 heterocycles. The molecule has 1 N–H and O–H groups in total. The second-order valence-electron chi connectivity index (χ2n) is 5.49. The molecule has 2 heteroatoms. The molecule has 0 aliphatic heterocycles. The van der Waals surface area contributed by atoms with Gasteiger partial charge in [0.15, 0.2) is 0 Å². The van der Waals surface area contributed by atoms with Gasteiger partial charge in [-0.2, -0.15) is 0 Å². The van der Waals surface area contributed by atoms with Crippen molar-refractivity contribution in [3.63, 3.8) is 0 Å². The van der Waals surface area contributed by atoms with Crippen molar-refractivity contribution in [3.05, 3.63) is 34.6 Å². The van der Waals surface area contributed by atoms with Crippen molar-refractivity contribution < 1.29 is 9.50 Å². The maximum Gasteiger partial charge on any atom is 0.129 e. The van der Waals surface area contributed by atoms with Crippen LogP contribution in [0.25, 0.3) is 0 Å². The first-order valence-corrected chi connectivity index (χ1v) is 6.45. The molecule has 1 aliphatic carbocycles. The summed E-state index contributed by atoms with van der Waals surface area (Å²) in [6, 6.07) is 3.58. The average Bonchev–Trinajstić information content (AvgIpc) is 2.70. The molecular weight excluding hydrogens is 215 g/mol. The zero-order valence-corrected chi connectivity index (χ0v) is 10.8. The lowest BCUT2D eigenvalue weighted by molar-refractivity contribution is 0.0899. The van der Waals surface area contributed by atoms with Gasteiger partial charge < -0.3 is 5.11 Å². The van der Waals surface area contributed by atoms with Gasteiger partial charge in [-0.05, 0) is 48.8 Å². The normalized spacial score (nSPS) is 26.2. The smallest absolute Gasteiger partial charge is 0.129 e.